The molecule has 0 saturated carbocycles. The number of nitrogens with zero attached hydrogens (tertiary/aromatic N) is 1. The van der Waals surface area contributed by atoms with Crippen LogP contribution < -0.4 is 4.74 Å². The number of fused-ring (bicyclic) bond motifs is 1. The zero-order valence-electron chi connectivity index (χ0n) is 11.6. The maximum Gasteiger partial charge on any atom is 0.118 e. The van der Waals surface area contributed by atoms with Crippen molar-refractivity contribution in [2.24, 2.45) is 0 Å². The third-order valence-electron chi connectivity index (χ3n) is 4.73. The number of piperidine rings is 2. The standard InChI is InChI=1S/C16H23NO2/c1-19-15-7-5-13(6-8-15)16(18)10-9-14-4-2-3-11-17(14)12-16/h5-8,14,18H,2-4,9-12H2,1H3. The summed E-state index contributed by atoms with van der Waals surface area (Å²) in [6.45, 7) is 1.92. The summed E-state index contributed by atoms with van der Waals surface area (Å²) in [6.07, 6.45) is 5.92. The fourth-order valence-electron chi connectivity index (χ4n) is 3.55. The predicted octanol–water partition coefficient (Wildman–Crippen LogP) is 2.53. The summed E-state index contributed by atoms with van der Waals surface area (Å²) < 4.78 is 5.18. The van der Waals surface area contributed by atoms with Gasteiger partial charge in [0.25, 0.3) is 0 Å². The van der Waals surface area contributed by atoms with Gasteiger partial charge in [-0.3, -0.25) is 4.90 Å². The highest BCUT2D eigenvalue weighted by atomic mass is 16.5. The van der Waals surface area contributed by atoms with Gasteiger partial charge in [-0.1, -0.05) is 18.6 Å². The second kappa shape index (κ2) is 5.14. The Balaban J connectivity index is 1.78. The summed E-state index contributed by atoms with van der Waals surface area (Å²) in [5.74, 6) is 0.846. The number of hydrogen-bond donors (Lipinski definition) is 1. The highest BCUT2D eigenvalue weighted by Gasteiger charge is 2.39. The minimum Gasteiger partial charge on any atom is -0.497 e. The molecular formula is C16H23NO2. The summed E-state index contributed by atoms with van der Waals surface area (Å²) in [5.41, 5.74) is 0.345. The fraction of sp³-hybridized carbons (Fsp3) is 0.625. The molecule has 2 aliphatic heterocycles. The summed E-state index contributed by atoms with van der Waals surface area (Å²) in [7, 11) is 1.67. The lowest BCUT2D eigenvalue weighted by Gasteiger charge is -2.46. The van der Waals surface area contributed by atoms with Gasteiger partial charge in [-0.15, -0.1) is 0 Å². The quantitative estimate of drug-likeness (QED) is 0.888. The van der Waals surface area contributed by atoms with E-state index >= 15 is 0 Å². The number of rotatable bonds is 2. The first kappa shape index (κ1) is 12.9. The molecule has 1 aromatic rings. The zero-order chi connectivity index (χ0) is 13.3. The van der Waals surface area contributed by atoms with Crippen LogP contribution in [0.1, 0.15) is 37.7 Å². The SMILES string of the molecule is COc1ccc(C2(O)CCC3CCCCN3C2)cc1. The van der Waals surface area contributed by atoms with Crippen LogP contribution in [0.5, 0.6) is 5.75 Å². The lowest BCUT2D eigenvalue weighted by atomic mass is 9.80. The molecular weight excluding hydrogens is 238 g/mol. The van der Waals surface area contributed by atoms with E-state index in [1.165, 1.54) is 19.3 Å². The molecule has 2 heterocycles. The topological polar surface area (TPSA) is 32.7 Å². The summed E-state index contributed by atoms with van der Waals surface area (Å²) >= 11 is 0. The minimum atomic E-state index is -0.680. The highest BCUT2D eigenvalue weighted by Crippen LogP contribution is 2.37. The second-order valence-electron chi connectivity index (χ2n) is 5.92. The van der Waals surface area contributed by atoms with Crippen LogP contribution in [0.2, 0.25) is 0 Å². The van der Waals surface area contributed by atoms with Gasteiger partial charge in [0, 0.05) is 12.6 Å². The van der Waals surface area contributed by atoms with Crippen LogP contribution in [0, 0.1) is 0 Å². The largest absolute Gasteiger partial charge is 0.497 e. The van der Waals surface area contributed by atoms with Crippen molar-refractivity contribution in [3.63, 3.8) is 0 Å². The first-order chi connectivity index (χ1) is 9.21. The van der Waals surface area contributed by atoms with E-state index < -0.39 is 5.60 Å². The molecule has 0 aliphatic carbocycles. The van der Waals surface area contributed by atoms with Crippen molar-refractivity contribution < 1.29 is 9.84 Å². The second-order valence-corrected chi connectivity index (χ2v) is 5.92. The van der Waals surface area contributed by atoms with Crippen LogP contribution in [0.3, 0.4) is 0 Å². The Labute approximate surface area is 115 Å². The highest BCUT2D eigenvalue weighted by molar-refractivity contribution is 5.31. The third kappa shape index (κ3) is 2.49. The van der Waals surface area contributed by atoms with Crippen molar-refractivity contribution >= 4 is 0 Å². The van der Waals surface area contributed by atoms with Crippen LogP contribution >= 0.6 is 0 Å². The van der Waals surface area contributed by atoms with Gasteiger partial charge < -0.3 is 9.84 Å². The first-order valence-corrected chi connectivity index (χ1v) is 7.32. The van der Waals surface area contributed by atoms with Crippen LogP contribution in [0.15, 0.2) is 24.3 Å². The van der Waals surface area contributed by atoms with E-state index in [0.717, 1.165) is 37.2 Å². The third-order valence-corrected chi connectivity index (χ3v) is 4.73. The van der Waals surface area contributed by atoms with E-state index in [1.54, 1.807) is 7.11 Å². The van der Waals surface area contributed by atoms with E-state index in [1.807, 2.05) is 24.3 Å². The molecule has 3 rings (SSSR count). The zero-order valence-corrected chi connectivity index (χ0v) is 11.6. The smallest absolute Gasteiger partial charge is 0.118 e. The molecule has 0 spiro atoms. The Morgan fingerprint density at radius 1 is 1.21 bits per heavy atom. The summed E-state index contributed by atoms with van der Waals surface area (Å²) in [4.78, 5) is 2.48. The van der Waals surface area contributed by atoms with Crippen LogP contribution in [0.25, 0.3) is 0 Å². The monoisotopic (exact) mass is 261 g/mol. The molecule has 3 nitrogen and oxygen atoms in total. The number of methoxy groups -OCH3 is 1. The molecule has 2 saturated heterocycles. The van der Waals surface area contributed by atoms with E-state index in [-0.39, 0.29) is 0 Å². The Bertz CT molecular complexity index is 431. The molecule has 0 aromatic heterocycles. The number of hydrogen-bond acceptors (Lipinski definition) is 3. The minimum absolute atomic E-state index is 0.680. The van der Waals surface area contributed by atoms with Gasteiger partial charge in [-0.25, -0.2) is 0 Å². The molecule has 1 aromatic carbocycles. The van der Waals surface area contributed by atoms with Crippen molar-refractivity contribution in [1.82, 2.24) is 4.90 Å². The van der Waals surface area contributed by atoms with E-state index in [2.05, 4.69) is 4.90 Å². The van der Waals surface area contributed by atoms with Crippen molar-refractivity contribution in [1.29, 1.82) is 0 Å². The van der Waals surface area contributed by atoms with Gasteiger partial charge in [0.2, 0.25) is 0 Å². The molecule has 2 unspecified atom stereocenters. The molecule has 2 aliphatic rings. The lowest BCUT2D eigenvalue weighted by molar-refractivity contribution is -0.0661. The average molecular weight is 261 g/mol. The average Bonchev–Trinajstić information content (AvgIpc) is 2.47. The normalized spacial score (nSPS) is 31.8. The van der Waals surface area contributed by atoms with Crippen molar-refractivity contribution in [3.05, 3.63) is 29.8 Å². The number of benzene rings is 1. The van der Waals surface area contributed by atoms with Gasteiger partial charge in [-0.05, 0) is 49.9 Å². The summed E-state index contributed by atoms with van der Waals surface area (Å²) in [5, 5.41) is 11.0. The molecule has 3 heteroatoms. The van der Waals surface area contributed by atoms with Crippen molar-refractivity contribution in [2.45, 2.75) is 43.7 Å². The van der Waals surface area contributed by atoms with Crippen LogP contribution in [0.4, 0.5) is 0 Å². The van der Waals surface area contributed by atoms with Crippen molar-refractivity contribution in [2.75, 3.05) is 20.2 Å². The van der Waals surface area contributed by atoms with E-state index in [0.29, 0.717) is 6.04 Å². The van der Waals surface area contributed by atoms with Gasteiger partial charge in [0.15, 0.2) is 0 Å². The molecule has 1 N–H and O–H groups in total. The lowest BCUT2D eigenvalue weighted by Crippen LogP contribution is -2.52. The van der Waals surface area contributed by atoms with Crippen LogP contribution in [-0.4, -0.2) is 36.2 Å². The maximum atomic E-state index is 11.0. The van der Waals surface area contributed by atoms with E-state index in [4.69, 9.17) is 4.74 Å². The molecule has 0 amide bonds. The molecule has 0 radical (unpaired) electrons. The molecule has 104 valence electrons. The molecule has 19 heavy (non-hydrogen) atoms. The molecule has 2 fully saturated rings. The fourth-order valence-corrected chi connectivity index (χ4v) is 3.55. The maximum absolute atomic E-state index is 11.0. The van der Waals surface area contributed by atoms with Crippen molar-refractivity contribution in [3.8, 4) is 5.75 Å². The summed E-state index contributed by atoms with van der Waals surface area (Å²) in [6, 6.07) is 8.59. The Morgan fingerprint density at radius 2 is 2.00 bits per heavy atom. The van der Waals surface area contributed by atoms with Gasteiger partial charge in [0.05, 0.1) is 7.11 Å². The van der Waals surface area contributed by atoms with Gasteiger partial charge >= 0.3 is 0 Å². The first-order valence-electron chi connectivity index (χ1n) is 7.32. The van der Waals surface area contributed by atoms with Gasteiger partial charge in [0.1, 0.15) is 11.4 Å². The Kier molecular flexibility index (Phi) is 3.50. The molecule has 0 bridgehead atoms. The molecule has 2 atom stereocenters. The van der Waals surface area contributed by atoms with E-state index in [9.17, 15) is 5.11 Å². The Morgan fingerprint density at radius 3 is 2.74 bits per heavy atom. The number of ether oxygens (including phenoxy) is 1. The van der Waals surface area contributed by atoms with Gasteiger partial charge in [-0.2, -0.15) is 0 Å². The van der Waals surface area contributed by atoms with Crippen LogP contribution in [-0.2, 0) is 5.60 Å². The predicted molar refractivity (Wildman–Crippen MR) is 75.3 cm³/mol. The Hall–Kier alpha value is -1.06. The number of aliphatic hydroxyl groups is 1.